The predicted molar refractivity (Wildman–Crippen MR) is 37.1 cm³/mol. The van der Waals surface area contributed by atoms with Gasteiger partial charge in [-0.1, -0.05) is 0 Å². The smallest absolute Gasteiger partial charge is 0.153 e. The number of hydrogen-bond donors (Lipinski definition) is 0. The Kier molecular flexibility index (Phi) is 2.63. The molecule has 1 heterocycles. The molecule has 0 aromatic carbocycles. The van der Waals surface area contributed by atoms with Gasteiger partial charge in [0.25, 0.3) is 0 Å². The summed E-state index contributed by atoms with van der Waals surface area (Å²) in [6.07, 6.45) is -0.394. The van der Waals surface area contributed by atoms with Crippen molar-refractivity contribution in [3.05, 3.63) is 0 Å². The fourth-order valence-electron chi connectivity index (χ4n) is 0.948. The number of hydrogen-bond acceptors (Lipinski definition) is 5. The van der Waals surface area contributed by atoms with Gasteiger partial charge in [0.05, 0.1) is 29.0 Å². The van der Waals surface area contributed by atoms with Gasteiger partial charge in [-0.3, -0.25) is 4.18 Å². The van der Waals surface area contributed by atoms with Crippen LogP contribution in [0.1, 0.15) is 6.42 Å². The van der Waals surface area contributed by atoms with Crippen molar-refractivity contribution in [2.45, 2.75) is 12.5 Å². The first kappa shape index (κ1) is 9.11. The Hall–Kier alpha value is 0.0200. The van der Waals surface area contributed by atoms with Crippen LogP contribution in [0.4, 0.5) is 0 Å². The van der Waals surface area contributed by atoms with Crippen molar-refractivity contribution in [1.29, 1.82) is 0 Å². The number of sulfone groups is 1. The van der Waals surface area contributed by atoms with Gasteiger partial charge in [-0.25, -0.2) is 12.6 Å². The van der Waals surface area contributed by atoms with Crippen molar-refractivity contribution < 1.29 is 21.4 Å². The summed E-state index contributed by atoms with van der Waals surface area (Å²) in [7, 11) is -3.04. The molecule has 66 valence electrons. The van der Waals surface area contributed by atoms with Gasteiger partial charge in [0, 0.05) is 0 Å². The molecule has 7 heteroatoms. The van der Waals surface area contributed by atoms with Gasteiger partial charge in [-0.05, 0) is 6.42 Å². The molecular formula is C4H7O5S2-. The molecular weight excluding hydrogens is 192 g/mol. The van der Waals surface area contributed by atoms with E-state index in [0.29, 0.717) is 0 Å². The van der Waals surface area contributed by atoms with Crippen LogP contribution < -0.4 is 0 Å². The first-order valence-electron chi connectivity index (χ1n) is 2.96. The monoisotopic (exact) mass is 199 g/mol. The van der Waals surface area contributed by atoms with Crippen molar-refractivity contribution in [2.75, 3.05) is 11.5 Å². The van der Waals surface area contributed by atoms with E-state index in [1.807, 2.05) is 0 Å². The van der Waals surface area contributed by atoms with Crippen molar-refractivity contribution in [3.63, 3.8) is 0 Å². The average Bonchev–Trinajstić information content (AvgIpc) is 2.08. The van der Waals surface area contributed by atoms with E-state index < -0.39 is 27.3 Å². The second-order valence-electron chi connectivity index (χ2n) is 2.33. The van der Waals surface area contributed by atoms with Crippen molar-refractivity contribution >= 4 is 21.2 Å². The third-order valence-corrected chi connectivity index (χ3v) is 3.57. The minimum Gasteiger partial charge on any atom is -0.750 e. The lowest BCUT2D eigenvalue weighted by Crippen LogP contribution is -2.15. The van der Waals surface area contributed by atoms with E-state index in [4.69, 9.17) is 0 Å². The normalized spacial score (nSPS) is 31.9. The molecule has 0 aromatic rings. The average molecular weight is 199 g/mol. The van der Waals surface area contributed by atoms with Gasteiger partial charge in [-0.2, -0.15) is 0 Å². The SMILES string of the molecule is O=S([O-])OC1CCS(=O)(=O)C1. The molecule has 1 aliphatic heterocycles. The third kappa shape index (κ3) is 2.86. The highest BCUT2D eigenvalue weighted by Crippen LogP contribution is 2.14. The second-order valence-corrected chi connectivity index (χ2v) is 5.15. The maximum atomic E-state index is 10.7. The quantitative estimate of drug-likeness (QED) is 0.532. The van der Waals surface area contributed by atoms with E-state index in [1.54, 1.807) is 0 Å². The van der Waals surface area contributed by atoms with Crippen LogP contribution in [0.15, 0.2) is 0 Å². The predicted octanol–water partition coefficient (Wildman–Crippen LogP) is -1.02. The van der Waals surface area contributed by atoms with Crippen LogP contribution in [0.2, 0.25) is 0 Å². The van der Waals surface area contributed by atoms with Crippen molar-refractivity contribution in [3.8, 4) is 0 Å². The Morgan fingerprint density at radius 1 is 1.55 bits per heavy atom. The topological polar surface area (TPSA) is 83.5 Å². The highest BCUT2D eigenvalue weighted by atomic mass is 32.2. The second kappa shape index (κ2) is 3.18. The molecule has 0 N–H and O–H groups in total. The highest BCUT2D eigenvalue weighted by molar-refractivity contribution is 7.91. The van der Waals surface area contributed by atoms with Crippen molar-refractivity contribution in [2.24, 2.45) is 0 Å². The van der Waals surface area contributed by atoms with Gasteiger partial charge >= 0.3 is 0 Å². The summed E-state index contributed by atoms with van der Waals surface area (Å²) in [5.74, 6) is -0.157. The number of rotatable bonds is 2. The van der Waals surface area contributed by atoms with Gasteiger partial charge in [0.2, 0.25) is 0 Å². The van der Waals surface area contributed by atoms with Gasteiger partial charge in [-0.15, -0.1) is 0 Å². The lowest BCUT2D eigenvalue weighted by Gasteiger charge is -2.09. The summed E-state index contributed by atoms with van der Waals surface area (Å²) in [6.45, 7) is 0. The summed E-state index contributed by atoms with van der Waals surface area (Å²) < 4.78 is 45.7. The van der Waals surface area contributed by atoms with E-state index in [0.717, 1.165) is 0 Å². The first-order valence-corrected chi connectivity index (χ1v) is 5.78. The summed E-state index contributed by atoms with van der Waals surface area (Å²) in [5, 5.41) is 0. The zero-order valence-corrected chi connectivity index (χ0v) is 7.19. The van der Waals surface area contributed by atoms with Crippen molar-refractivity contribution in [1.82, 2.24) is 0 Å². The standard InChI is InChI=1S/C4H8O5S2/c5-10(6)9-4-1-2-11(7,8)3-4/h4H,1-3H2,(H,5,6)/p-1. The molecule has 1 fully saturated rings. The van der Waals surface area contributed by atoms with Crippen LogP contribution in [-0.2, 0) is 25.4 Å². The van der Waals surface area contributed by atoms with Crippen LogP contribution in [0.25, 0.3) is 0 Å². The Balaban J connectivity index is 2.49. The highest BCUT2D eigenvalue weighted by Gasteiger charge is 2.28. The van der Waals surface area contributed by atoms with Gasteiger partial charge in [0.1, 0.15) is 0 Å². The fraction of sp³-hybridized carbons (Fsp3) is 1.00. The Morgan fingerprint density at radius 3 is 2.55 bits per heavy atom. The Labute approximate surface area is 67.2 Å². The van der Waals surface area contributed by atoms with Gasteiger partial charge < -0.3 is 4.55 Å². The van der Waals surface area contributed by atoms with Gasteiger partial charge in [0.15, 0.2) is 9.84 Å². The first-order chi connectivity index (χ1) is 4.99. The van der Waals surface area contributed by atoms with E-state index in [9.17, 15) is 17.2 Å². The molecule has 0 aromatic heterocycles. The molecule has 0 radical (unpaired) electrons. The minimum absolute atomic E-state index is 0.0227. The van der Waals surface area contributed by atoms with Crippen LogP contribution in [-0.4, -0.2) is 34.8 Å². The van der Waals surface area contributed by atoms with E-state index >= 15 is 0 Å². The lowest BCUT2D eigenvalue weighted by atomic mass is 10.3. The minimum atomic E-state index is -3.04. The third-order valence-electron chi connectivity index (χ3n) is 1.41. The summed E-state index contributed by atoms with van der Waals surface area (Å²) in [6, 6.07) is 0. The summed E-state index contributed by atoms with van der Waals surface area (Å²) >= 11 is -2.60. The molecule has 1 saturated heterocycles. The maximum absolute atomic E-state index is 10.7. The molecule has 0 saturated carbocycles. The molecule has 2 atom stereocenters. The van der Waals surface area contributed by atoms with E-state index in [-0.39, 0.29) is 17.9 Å². The molecule has 5 nitrogen and oxygen atoms in total. The summed E-state index contributed by atoms with van der Waals surface area (Å²) in [4.78, 5) is 0. The Morgan fingerprint density at radius 2 is 2.18 bits per heavy atom. The zero-order chi connectivity index (χ0) is 8.48. The molecule has 0 aliphatic carbocycles. The van der Waals surface area contributed by atoms with E-state index in [2.05, 4.69) is 4.18 Å². The van der Waals surface area contributed by atoms with Crippen LogP contribution in [0.5, 0.6) is 0 Å². The van der Waals surface area contributed by atoms with Crippen LogP contribution >= 0.6 is 0 Å². The molecule has 11 heavy (non-hydrogen) atoms. The summed E-state index contributed by atoms with van der Waals surface area (Å²) in [5.41, 5.74) is 0. The molecule has 2 unspecified atom stereocenters. The van der Waals surface area contributed by atoms with Crippen LogP contribution in [0, 0.1) is 0 Å². The molecule has 1 aliphatic rings. The Bertz CT molecular complexity index is 256. The fourth-order valence-corrected chi connectivity index (χ4v) is 3.01. The van der Waals surface area contributed by atoms with E-state index in [1.165, 1.54) is 0 Å². The maximum Gasteiger partial charge on any atom is 0.153 e. The zero-order valence-electron chi connectivity index (χ0n) is 5.56. The lowest BCUT2D eigenvalue weighted by molar-refractivity contribution is 0.225. The molecule has 0 bridgehead atoms. The molecule has 0 amide bonds. The largest absolute Gasteiger partial charge is 0.750 e. The molecule has 0 spiro atoms. The molecule has 1 rings (SSSR count). The van der Waals surface area contributed by atoms with Crippen LogP contribution in [0.3, 0.4) is 0 Å².